The van der Waals surface area contributed by atoms with Crippen LogP contribution in [-0.4, -0.2) is 19.0 Å². The molecule has 1 aliphatic heterocycles. The minimum Gasteiger partial charge on any atom is -0.355 e. The minimum atomic E-state index is 0.780. The Balaban J connectivity index is 1.54. The molecule has 0 unspecified atom stereocenters. The first-order valence-corrected chi connectivity index (χ1v) is 8.97. The molecule has 0 fully saturated rings. The van der Waals surface area contributed by atoms with Gasteiger partial charge in [-0.05, 0) is 34.5 Å². The number of fused-ring (bicyclic) bond motifs is 1. The molecule has 0 saturated carbocycles. The van der Waals surface area contributed by atoms with Crippen molar-refractivity contribution in [2.45, 2.75) is 16.3 Å². The molecule has 4 rings (SSSR count). The Labute approximate surface area is 146 Å². The maximum absolute atomic E-state index is 4.39. The van der Waals surface area contributed by atoms with Crippen LogP contribution in [-0.2, 0) is 6.54 Å². The largest absolute Gasteiger partial charge is 0.355 e. The number of aliphatic imine (C=N–C) groups is 1. The van der Waals surface area contributed by atoms with E-state index in [-0.39, 0.29) is 0 Å². The van der Waals surface area contributed by atoms with Crippen LogP contribution >= 0.6 is 11.8 Å². The van der Waals surface area contributed by atoms with Crippen LogP contribution in [0.2, 0.25) is 0 Å². The van der Waals surface area contributed by atoms with Gasteiger partial charge in [0.25, 0.3) is 0 Å². The van der Waals surface area contributed by atoms with Gasteiger partial charge in [-0.1, -0.05) is 60.3 Å². The van der Waals surface area contributed by atoms with Crippen LogP contribution in [0.5, 0.6) is 0 Å². The molecular formula is C20H19N3S. The molecule has 1 aliphatic rings. The van der Waals surface area contributed by atoms with Gasteiger partial charge in [-0.15, -0.1) is 0 Å². The first kappa shape index (κ1) is 15.1. The summed E-state index contributed by atoms with van der Waals surface area (Å²) in [5.74, 6) is 0.903. The van der Waals surface area contributed by atoms with E-state index in [4.69, 9.17) is 0 Å². The Morgan fingerprint density at radius 2 is 1.79 bits per heavy atom. The molecule has 0 bridgehead atoms. The zero-order valence-corrected chi connectivity index (χ0v) is 14.1. The van der Waals surface area contributed by atoms with Crippen LogP contribution in [0, 0.1) is 0 Å². The fourth-order valence-corrected chi connectivity index (χ4v) is 3.80. The second-order valence-corrected chi connectivity index (χ2v) is 6.84. The molecule has 120 valence electrons. The van der Waals surface area contributed by atoms with Gasteiger partial charge < -0.3 is 10.6 Å². The Hall–Kier alpha value is -2.46. The summed E-state index contributed by atoms with van der Waals surface area (Å²) < 4.78 is 0. The van der Waals surface area contributed by atoms with Crippen LogP contribution in [0.25, 0.3) is 10.8 Å². The van der Waals surface area contributed by atoms with Crippen molar-refractivity contribution >= 4 is 28.5 Å². The van der Waals surface area contributed by atoms with Crippen LogP contribution < -0.4 is 10.6 Å². The average molecular weight is 333 g/mol. The third-order valence-corrected chi connectivity index (χ3v) is 5.15. The van der Waals surface area contributed by atoms with Crippen molar-refractivity contribution in [3.05, 3.63) is 72.3 Å². The Morgan fingerprint density at radius 3 is 2.67 bits per heavy atom. The maximum Gasteiger partial charge on any atom is 0.191 e. The topological polar surface area (TPSA) is 36.4 Å². The highest BCUT2D eigenvalue weighted by atomic mass is 32.2. The van der Waals surface area contributed by atoms with Crippen LogP contribution in [0.15, 0.2) is 81.5 Å². The average Bonchev–Trinajstić information content (AvgIpc) is 3.14. The van der Waals surface area contributed by atoms with E-state index in [2.05, 4.69) is 82.4 Å². The number of hydrogen-bond donors (Lipinski definition) is 2. The second-order valence-electron chi connectivity index (χ2n) is 5.73. The van der Waals surface area contributed by atoms with E-state index in [1.165, 1.54) is 26.1 Å². The molecule has 3 nitrogen and oxygen atoms in total. The lowest BCUT2D eigenvalue weighted by Gasteiger charge is -2.11. The van der Waals surface area contributed by atoms with Crippen molar-refractivity contribution in [1.82, 2.24) is 10.6 Å². The highest BCUT2D eigenvalue weighted by molar-refractivity contribution is 7.99. The summed E-state index contributed by atoms with van der Waals surface area (Å²) in [6, 6.07) is 23.7. The fourth-order valence-electron chi connectivity index (χ4n) is 2.80. The maximum atomic E-state index is 4.39. The van der Waals surface area contributed by atoms with Gasteiger partial charge in [-0.3, -0.25) is 4.99 Å². The molecule has 24 heavy (non-hydrogen) atoms. The van der Waals surface area contributed by atoms with E-state index in [0.717, 1.165) is 25.6 Å². The summed E-state index contributed by atoms with van der Waals surface area (Å²) in [5.41, 5.74) is 1.28. The first-order chi connectivity index (χ1) is 11.9. The second kappa shape index (κ2) is 6.97. The summed E-state index contributed by atoms with van der Waals surface area (Å²) in [6.45, 7) is 2.56. The lowest BCUT2D eigenvalue weighted by molar-refractivity contribution is 0.853. The molecule has 3 aromatic rings. The normalized spacial score (nSPS) is 13.6. The van der Waals surface area contributed by atoms with E-state index in [1.54, 1.807) is 0 Å². The van der Waals surface area contributed by atoms with Gasteiger partial charge in [0, 0.05) is 22.9 Å². The van der Waals surface area contributed by atoms with Crippen LogP contribution in [0.3, 0.4) is 0 Å². The zero-order chi connectivity index (χ0) is 16.2. The van der Waals surface area contributed by atoms with Gasteiger partial charge in [-0.25, -0.2) is 0 Å². The molecule has 0 atom stereocenters. The summed E-state index contributed by atoms with van der Waals surface area (Å²) in [4.78, 5) is 6.92. The Bertz CT molecular complexity index is 889. The number of guanidine groups is 1. The summed E-state index contributed by atoms with van der Waals surface area (Å²) >= 11 is 1.81. The summed E-state index contributed by atoms with van der Waals surface area (Å²) in [5, 5.41) is 9.19. The fraction of sp³-hybridized carbons (Fsp3) is 0.150. The van der Waals surface area contributed by atoms with Crippen LogP contribution in [0.4, 0.5) is 0 Å². The number of nitrogens with zero attached hydrogens (tertiary/aromatic N) is 1. The zero-order valence-electron chi connectivity index (χ0n) is 13.3. The van der Waals surface area contributed by atoms with E-state index in [1.807, 2.05) is 11.8 Å². The lowest BCUT2D eigenvalue weighted by atomic mass is 10.1. The molecule has 0 aliphatic carbocycles. The first-order valence-electron chi connectivity index (χ1n) is 8.15. The van der Waals surface area contributed by atoms with Crippen LogP contribution in [0.1, 0.15) is 5.56 Å². The molecule has 0 amide bonds. The van der Waals surface area contributed by atoms with Gasteiger partial charge in [0.15, 0.2) is 5.96 Å². The predicted octanol–water partition coefficient (Wildman–Crippen LogP) is 4.04. The van der Waals surface area contributed by atoms with Crippen molar-refractivity contribution in [1.29, 1.82) is 0 Å². The summed E-state index contributed by atoms with van der Waals surface area (Å²) in [6.07, 6.45) is 0. The molecular weight excluding hydrogens is 314 g/mol. The SMILES string of the molecule is c1ccc(Sc2ccc3ccccc3c2)c(CNC2=NCCN2)c1. The van der Waals surface area contributed by atoms with Gasteiger partial charge in [0.2, 0.25) is 0 Å². The number of rotatable bonds is 4. The van der Waals surface area contributed by atoms with Crippen molar-refractivity contribution in [2.24, 2.45) is 4.99 Å². The van der Waals surface area contributed by atoms with Gasteiger partial charge in [0.1, 0.15) is 0 Å². The summed E-state index contributed by atoms with van der Waals surface area (Å²) in [7, 11) is 0. The molecule has 4 heteroatoms. The third-order valence-electron chi connectivity index (χ3n) is 4.04. The van der Waals surface area contributed by atoms with E-state index in [9.17, 15) is 0 Å². The van der Waals surface area contributed by atoms with Gasteiger partial charge in [-0.2, -0.15) is 0 Å². The van der Waals surface area contributed by atoms with E-state index in [0.29, 0.717) is 0 Å². The Kier molecular flexibility index (Phi) is 4.38. The van der Waals surface area contributed by atoms with Crippen molar-refractivity contribution in [2.75, 3.05) is 13.1 Å². The van der Waals surface area contributed by atoms with Gasteiger partial charge >= 0.3 is 0 Å². The van der Waals surface area contributed by atoms with Gasteiger partial charge in [0.05, 0.1) is 6.54 Å². The molecule has 0 spiro atoms. The number of benzene rings is 3. The third kappa shape index (κ3) is 3.39. The standard InChI is InChI=1S/C20H19N3S/c1-2-6-16-13-18(10-9-15(16)5-1)24-19-8-4-3-7-17(19)14-23-20-21-11-12-22-20/h1-10,13H,11-12,14H2,(H2,21,22,23). The molecule has 0 saturated heterocycles. The van der Waals surface area contributed by atoms with Crippen molar-refractivity contribution < 1.29 is 0 Å². The van der Waals surface area contributed by atoms with E-state index < -0.39 is 0 Å². The molecule has 0 radical (unpaired) electrons. The molecule has 3 aromatic carbocycles. The monoisotopic (exact) mass is 333 g/mol. The minimum absolute atomic E-state index is 0.780. The quantitative estimate of drug-likeness (QED) is 0.756. The number of nitrogens with one attached hydrogen (secondary N) is 2. The van der Waals surface area contributed by atoms with Crippen molar-refractivity contribution in [3.63, 3.8) is 0 Å². The highest BCUT2D eigenvalue weighted by Gasteiger charge is 2.08. The predicted molar refractivity (Wildman–Crippen MR) is 102 cm³/mol. The smallest absolute Gasteiger partial charge is 0.191 e. The lowest BCUT2D eigenvalue weighted by Crippen LogP contribution is -2.33. The molecule has 2 N–H and O–H groups in total. The van der Waals surface area contributed by atoms with E-state index >= 15 is 0 Å². The molecule has 1 heterocycles. The highest BCUT2D eigenvalue weighted by Crippen LogP contribution is 2.32. The number of hydrogen-bond acceptors (Lipinski definition) is 4. The molecule has 0 aromatic heterocycles. The van der Waals surface area contributed by atoms with Crippen molar-refractivity contribution in [3.8, 4) is 0 Å². The Morgan fingerprint density at radius 1 is 0.958 bits per heavy atom.